The van der Waals surface area contributed by atoms with Gasteiger partial charge in [0.15, 0.2) is 0 Å². The second kappa shape index (κ2) is 6.89. The van der Waals surface area contributed by atoms with Crippen LogP contribution < -0.4 is 5.73 Å². The van der Waals surface area contributed by atoms with Crippen LogP contribution >= 0.6 is 23.6 Å². The zero-order valence-electron chi connectivity index (χ0n) is 5.88. The van der Waals surface area contributed by atoms with Crippen LogP contribution in [0.25, 0.3) is 0 Å². The van der Waals surface area contributed by atoms with Gasteiger partial charge in [-0.05, 0) is 23.0 Å². The average Bonchev–Trinajstić information content (AvgIpc) is 2.36. The molecule has 1 heterocycles. The van der Waals surface area contributed by atoms with E-state index in [1.54, 1.807) is 11.3 Å². The molecule has 66 valence electrons. The first-order chi connectivity index (χ1) is 5.63. The van der Waals surface area contributed by atoms with E-state index in [0.29, 0.717) is 0 Å². The van der Waals surface area contributed by atoms with Crippen LogP contribution in [-0.2, 0) is 10.5 Å². The van der Waals surface area contributed by atoms with E-state index in [-0.39, 0.29) is 5.11 Å². The minimum absolute atomic E-state index is 0.367. The Bertz CT molecular complexity index is 316. The number of hydrogen-bond donors (Lipinski definition) is 1. The van der Waals surface area contributed by atoms with E-state index in [0.717, 1.165) is 0 Å². The van der Waals surface area contributed by atoms with Crippen molar-refractivity contribution in [3.05, 3.63) is 22.9 Å². The molecule has 0 aliphatic rings. The third kappa shape index (κ3) is 9.21. The molecule has 0 atom stereocenters. The predicted octanol–water partition coefficient (Wildman–Crippen LogP) is 1.04. The van der Waals surface area contributed by atoms with Gasteiger partial charge in [-0.25, -0.2) is 0 Å². The first-order valence-corrected chi connectivity index (χ1v) is 5.09. The largest absolute Gasteiger partial charge is 0.374 e. The molecule has 1 aromatic rings. The number of rotatable bonds is 0. The normalized spacial score (nSPS) is 7.67. The van der Waals surface area contributed by atoms with E-state index in [9.17, 15) is 8.42 Å². The van der Waals surface area contributed by atoms with E-state index in [2.05, 4.69) is 22.3 Å². The highest BCUT2D eigenvalue weighted by atomic mass is 32.2. The standard InChI is InChI=1S/C4H4S.CH2N2O2S2/c1-2-4-5-3-1;2-1(6)3-7(4)5/h1-4H;(H2,2,6). The highest BCUT2D eigenvalue weighted by Gasteiger charge is 1.74. The van der Waals surface area contributed by atoms with Gasteiger partial charge in [0.1, 0.15) is 0 Å². The minimum atomic E-state index is -2.49. The molecule has 1 aromatic heterocycles. The molecule has 1 rings (SSSR count). The molecule has 0 unspecified atom stereocenters. The van der Waals surface area contributed by atoms with E-state index in [1.165, 1.54) is 0 Å². The van der Waals surface area contributed by atoms with Gasteiger partial charge in [-0.15, -0.1) is 4.36 Å². The summed E-state index contributed by atoms with van der Waals surface area (Å²) in [6.45, 7) is 0. The summed E-state index contributed by atoms with van der Waals surface area (Å²) in [5.41, 5.74) is 4.67. The molecule has 0 fully saturated rings. The van der Waals surface area contributed by atoms with Crippen LogP contribution in [0.3, 0.4) is 0 Å². The summed E-state index contributed by atoms with van der Waals surface area (Å²) in [5, 5.41) is 3.72. The van der Waals surface area contributed by atoms with Crippen molar-refractivity contribution in [3.8, 4) is 0 Å². The molecule has 4 nitrogen and oxygen atoms in total. The molecule has 0 bridgehead atoms. The quantitative estimate of drug-likeness (QED) is 0.666. The molecule has 0 spiro atoms. The first kappa shape index (κ1) is 11.2. The summed E-state index contributed by atoms with van der Waals surface area (Å²) in [4.78, 5) is 0. The van der Waals surface area contributed by atoms with Gasteiger partial charge in [-0.2, -0.15) is 19.8 Å². The summed E-state index contributed by atoms with van der Waals surface area (Å²) < 4.78 is 21.7. The van der Waals surface area contributed by atoms with E-state index in [4.69, 9.17) is 0 Å². The summed E-state index contributed by atoms with van der Waals surface area (Å²) in [6.07, 6.45) is 0. The van der Waals surface area contributed by atoms with Crippen LogP contribution in [-0.4, -0.2) is 13.5 Å². The van der Waals surface area contributed by atoms with Crippen molar-refractivity contribution in [2.45, 2.75) is 0 Å². The maximum absolute atomic E-state index is 9.48. The van der Waals surface area contributed by atoms with Crippen molar-refractivity contribution in [3.63, 3.8) is 0 Å². The van der Waals surface area contributed by atoms with Gasteiger partial charge >= 0.3 is 10.5 Å². The van der Waals surface area contributed by atoms with Crippen LogP contribution in [0.2, 0.25) is 0 Å². The predicted molar refractivity (Wildman–Crippen MR) is 52.5 cm³/mol. The maximum Gasteiger partial charge on any atom is 0.318 e. The van der Waals surface area contributed by atoms with Crippen molar-refractivity contribution in [2.75, 3.05) is 0 Å². The lowest BCUT2D eigenvalue weighted by molar-refractivity contribution is 0.623. The van der Waals surface area contributed by atoms with Crippen molar-refractivity contribution in [1.29, 1.82) is 0 Å². The van der Waals surface area contributed by atoms with Gasteiger partial charge in [0.05, 0.1) is 0 Å². The highest BCUT2D eigenvalue weighted by molar-refractivity contribution is 7.80. The van der Waals surface area contributed by atoms with E-state index >= 15 is 0 Å². The van der Waals surface area contributed by atoms with Gasteiger partial charge in [-0.1, -0.05) is 12.1 Å². The Kier molecular flexibility index (Phi) is 6.44. The van der Waals surface area contributed by atoms with Crippen LogP contribution in [0, 0.1) is 0 Å². The number of nitrogens with zero attached hydrogens (tertiary/aromatic N) is 1. The van der Waals surface area contributed by atoms with Gasteiger partial charge in [-0.3, -0.25) is 0 Å². The first-order valence-electron chi connectivity index (χ1n) is 2.70. The molecule has 2 N–H and O–H groups in total. The zero-order chi connectivity index (χ0) is 9.40. The highest BCUT2D eigenvalue weighted by Crippen LogP contribution is 1.91. The molecule has 0 aliphatic heterocycles. The lowest BCUT2D eigenvalue weighted by Crippen LogP contribution is -2.01. The van der Waals surface area contributed by atoms with Gasteiger partial charge in [0, 0.05) is 0 Å². The molecule has 0 aliphatic carbocycles. The van der Waals surface area contributed by atoms with Gasteiger partial charge in [0.25, 0.3) is 0 Å². The van der Waals surface area contributed by atoms with Crippen molar-refractivity contribution < 1.29 is 8.42 Å². The fraction of sp³-hybridized carbons (Fsp3) is 0. The molecule has 0 aromatic carbocycles. The number of hydrogen-bond acceptors (Lipinski definition) is 4. The Morgan fingerprint density at radius 2 is 1.92 bits per heavy atom. The Morgan fingerprint density at radius 3 is 2.00 bits per heavy atom. The zero-order valence-corrected chi connectivity index (χ0v) is 8.32. The van der Waals surface area contributed by atoms with Crippen LogP contribution in [0.15, 0.2) is 27.3 Å². The molecule has 0 radical (unpaired) electrons. The molecule has 7 heteroatoms. The topological polar surface area (TPSA) is 72.5 Å². The van der Waals surface area contributed by atoms with Crippen molar-refractivity contribution in [2.24, 2.45) is 10.1 Å². The second-order valence-electron chi connectivity index (χ2n) is 1.44. The monoisotopic (exact) mass is 222 g/mol. The number of nitrogens with two attached hydrogens (primary N) is 1. The van der Waals surface area contributed by atoms with Crippen molar-refractivity contribution >= 4 is 39.2 Å². The van der Waals surface area contributed by atoms with Crippen LogP contribution in [0.4, 0.5) is 0 Å². The lowest BCUT2D eigenvalue weighted by atomic mass is 10.7. The molecule has 12 heavy (non-hydrogen) atoms. The van der Waals surface area contributed by atoms with E-state index in [1.807, 2.05) is 22.9 Å². The third-order valence-corrected chi connectivity index (χ3v) is 1.77. The number of thiophene rings is 1. The second-order valence-corrected chi connectivity index (χ2v) is 3.29. The Morgan fingerprint density at radius 1 is 1.42 bits per heavy atom. The lowest BCUT2D eigenvalue weighted by Gasteiger charge is -1.68. The average molecular weight is 222 g/mol. The fourth-order valence-corrected chi connectivity index (χ4v) is 1.08. The van der Waals surface area contributed by atoms with E-state index < -0.39 is 10.5 Å². The third-order valence-electron chi connectivity index (χ3n) is 0.590. The maximum atomic E-state index is 9.48. The summed E-state index contributed by atoms with van der Waals surface area (Å²) in [6, 6.07) is 4.04. The van der Waals surface area contributed by atoms with Gasteiger partial charge < -0.3 is 5.73 Å². The number of thiocarbonyl (C=S) groups is 1. The van der Waals surface area contributed by atoms with Crippen LogP contribution in [0.5, 0.6) is 0 Å². The Balaban J connectivity index is 0.000000211. The SMILES string of the molecule is NC(=S)N=S(=O)=O.c1ccsc1. The molecule has 0 saturated heterocycles. The van der Waals surface area contributed by atoms with Gasteiger partial charge in [0.2, 0.25) is 5.11 Å². The minimum Gasteiger partial charge on any atom is -0.374 e. The summed E-state index contributed by atoms with van der Waals surface area (Å²) in [7, 11) is -2.49. The smallest absolute Gasteiger partial charge is 0.318 e. The Hall–Kier alpha value is -0.790. The summed E-state index contributed by atoms with van der Waals surface area (Å²) >= 11 is 5.80. The summed E-state index contributed by atoms with van der Waals surface area (Å²) in [5.74, 6) is 0. The van der Waals surface area contributed by atoms with Crippen LogP contribution in [0.1, 0.15) is 0 Å². The molecule has 0 amide bonds. The fourth-order valence-electron chi connectivity index (χ4n) is 0.300. The molecular weight excluding hydrogens is 216 g/mol. The molecular formula is C5H6N2O2S3. The molecule has 0 saturated carbocycles. The van der Waals surface area contributed by atoms with Crippen molar-refractivity contribution in [1.82, 2.24) is 0 Å². The Labute approximate surface area is 80.7 Å².